The van der Waals surface area contributed by atoms with E-state index < -0.39 is 5.97 Å². The second-order valence-electron chi connectivity index (χ2n) is 6.42. The molecule has 28 heavy (non-hydrogen) atoms. The predicted molar refractivity (Wildman–Crippen MR) is 108 cm³/mol. The normalized spacial score (nSPS) is 11.0. The summed E-state index contributed by atoms with van der Waals surface area (Å²) in [5.41, 5.74) is 3.30. The largest absolute Gasteiger partial charge is 0.497 e. The highest BCUT2D eigenvalue weighted by Crippen LogP contribution is 2.17. The minimum absolute atomic E-state index is 0.211. The van der Waals surface area contributed by atoms with E-state index in [-0.39, 0.29) is 12.4 Å². The molecular weight excluding hydrogens is 358 g/mol. The second kappa shape index (κ2) is 10.5. The topological polar surface area (TPSA) is 66.8 Å². The number of methoxy groups -OCH3 is 2. The summed E-state index contributed by atoms with van der Waals surface area (Å²) < 4.78 is 17.3. The van der Waals surface area contributed by atoms with Crippen molar-refractivity contribution in [3.63, 3.8) is 0 Å². The van der Waals surface area contributed by atoms with E-state index >= 15 is 0 Å². The lowest BCUT2D eigenvalue weighted by Gasteiger charge is -2.09. The van der Waals surface area contributed by atoms with E-state index in [0.717, 1.165) is 35.7 Å². The molecule has 6 nitrogen and oxygen atoms in total. The molecule has 0 unspecified atom stereocenters. The molecule has 0 aliphatic heterocycles. The van der Waals surface area contributed by atoms with Gasteiger partial charge in [-0.2, -0.15) is 0 Å². The molecule has 2 aromatic rings. The summed E-state index contributed by atoms with van der Waals surface area (Å²) >= 11 is 0. The van der Waals surface area contributed by atoms with Crippen LogP contribution in [0.15, 0.2) is 36.4 Å². The third kappa shape index (κ3) is 5.82. The van der Waals surface area contributed by atoms with Gasteiger partial charge >= 0.3 is 5.97 Å². The van der Waals surface area contributed by atoms with Crippen molar-refractivity contribution in [1.82, 2.24) is 4.57 Å². The SMILES string of the molecule is COCCCn1c(C)cc(C(=O)COC(=O)/C=C/c2ccc(OC)cc2)c1C. The highest BCUT2D eigenvalue weighted by molar-refractivity contribution is 6.00. The van der Waals surface area contributed by atoms with Crippen LogP contribution in [0.4, 0.5) is 0 Å². The van der Waals surface area contributed by atoms with Crippen molar-refractivity contribution >= 4 is 17.8 Å². The van der Waals surface area contributed by atoms with Crippen LogP contribution in [0.2, 0.25) is 0 Å². The maximum absolute atomic E-state index is 12.5. The van der Waals surface area contributed by atoms with Gasteiger partial charge in [-0.15, -0.1) is 0 Å². The summed E-state index contributed by atoms with van der Waals surface area (Å²) in [6, 6.07) is 9.10. The highest BCUT2D eigenvalue weighted by Gasteiger charge is 2.16. The number of aryl methyl sites for hydroxylation is 1. The van der Waals surface area contributed by atoms with Gasteiger partial charge in [-0.1, -0.05) is 12.1 Å². The van der Waals surface area contributed by atoms with Gasteiger partial charge in [0, 0.05) is 43.3 Å². The zero-order chi connectivity index (χ0) is 20.5. The molecule has 0 saturated carbocycles. The van der Waals surface area contributed by atoms with Gasteiger partial charge in [0.1, 0.15) is 5.75 Å². The third-order valence-corrected chi connectivity index (χ3v) is 4.48. The average molecular weight is 385 g/mol. The fourth-order valence-corrected chi connectivity index (χ4v) is 2.94. The Morgan fingerprint density at radius 1 is 1.11 bits per heavy atom. The van der Waals surface area contributed by atoms with Crippen molar-refractivity contribution in [2.75, 3.05) is 27.4 Å². The van der Waals surface area contributed by atoms with Crippen molar-refractivity contribution in [3.05, 3.63) is 58.9 Å². The van der Waals surface area contributed by atoms with Crippen LogP contribution in [0.25, 0.3) is 6.08 Å². The van der Waals surface area contributed by atoms with Crippen LogP contribution < -0.4 is 4.74 Å². The zero-order valence-electron chi connectivity index (χ0n) is 16.9. The number of Topliss-reactive ketones (excluding diaryl/α,β-unsaturated/α-hetero) is 1. The summed E-state index contributed by atoms with van der Waals surface area (Å²) in [5, 5.41) is 0. The Morgan fingerprint density at radius 2 is 1.82 bits per heavy atom. The Balaban J connectivity index is 1.91. The molecule has 0 bridgehead atoms. The van der Waals surface area contributed by atoms with Gasteiger partial charge in [0.05, 0.1) is 7.11 Å². The van der Waals surface area contributed by atoms with Crippen molar-refractivity contribution in [3.8, 4) is 5.75 Å². The van der Waals surface area contributed by atoms with Crippen molar-refractivity contribution in [2.24, 2.45) is 0 Å². The van der Waals surface area contributed by atoms with E-state index in [1.165, 1.54) is 6.08 Å². The smallest absolute Gasteiger partial charge is 0.331 e. The number of ketones is 1. The number of ether oxygens (including phenoxy) is 3. The molecule has 1 aromatic heterocycles. The molecule has 2 rings (SSSR count). The van der Waals surface area contributed by atoms with E-state index in [9.17, 15) is 9.59 Å². The maximum Gasteiger partial charge on any atom is 0.331 e. The Bertz CT molecular complexity index is 833. The van der Waals surface area contributed by atoms with E-state index in [1.807, 2.05) is 32.0 Å². The number of carbonyl (C=O) groups is 2. The average Bonchev–Trinajstić information content (AvgIpc) is 2.99. The van der Waals surface area contributed by atoms with Crippen molar-refractivity contribution in [1.29, 1.82) is 0 Å². The van der Waals surface area contributed by atoms with Gasteiger partial charge in [0.15, 0.2) is 6.61 Å². The molecule has 0 radical (unpaired) electrons. The van der Waals surface area contributed by atoms with Gasteiger partial charge in [0.25, 0.3) is 0 Å². The van der Waals surface area contributed by atoms with E-state index in [4.69, 9.17) is 14.2 Å². The summed E-state index contributed by atoms with van der Waals surface area (Å²) in [6.45, 7) is 5.02. The minimum Gasteiger partial charge on any atom is -0.497 e. The lowest BCUT2D eigenvalue weighted by Crippen LogP contribution is -2.14. The van der Waals surface area contributed by atoms with Crippen molar-refractivity contribution in [2.45, 2.75) is 26.8 Å². The number of hydrogen-bond donors (Lipinski definition) is 0. The second-order valence-corrected chi connectivity index (χ2v) is 6.42. The predicted octanol–water partition coefficient (Wildman–Crippen LogP) is 3.59. The van der Waals surface area contributed by atoms with E-state index in [0.29, 0.717) is 12.2 Å². The van der Waals surface area contributed by atoms with Gasteiger partial charge in [-0.05, 0) is 50.1 Å². The molecular formula is C22H27NO5. The van der Waals surface area contributed by atoms with Crippen LogP contribution >= 0.6 is 0 Å². The molecule has 1 aromatic carbocycles. The summed E-state index contributed by atoms with van der Waals surface area (Å²) in [5.74, 6) is -0.0273. The molecule has 0 N–H and O–H groups in total. The van der Waals surface area contributed by atoms with Crippen LogP contribution in [-0.2, 0) is 20.8 Å². The maximum atomic E-state index is 12.5. The monoisotopic (exact) mass is 385 g/mol. The standard InChI is InChI=1S/C22H27NO5/c1-16-14-20(17(2)23(16)12-5-13-26-3)21(24)15-28-22(25)11-8-18-6-9-19(27-4)10-7-18/h6-11,14H,5,12-13,15H2,1-4H3/b11-8+. The van der Waals surface area contributed by atoms with E-state index in [2.05, 4.69) is 4.57 Å². The number of hydrogen-bond acceptors (Lipinski definition) is 5. The molecule has 0 aliphatic carbocycles. The molecule has 6 heteroatoms. The number of carbonyl (C=O) groups excluding carboxylic acids is 2. The fraction of sp³-hybridized carbons (Fsp3) is 0.364. The van der Waals surface area contributed by atoms with Gasteiger partial charge in [-0.25, -0.2) is 4.79 Å². The Morgan fingerprint density at radius 3 is 2.46 bits per heavy atom. The Hall–Kier alpha value is -2.86. The minimum atomic E-state index is -0.557. The third-order valence-electron chi connectivity index (χ3n) is 4.48. The number of esters is 1. The van der Waals surface area contributed by atoms with Crippen LogP contribution in [0.1, 0.15) is 33.7 Å². The van der Waals surface area contributed by atoms with Crippen LogP contribution in [-0.4, -0.2) is 43.8 Å². The number of aromatic nitrogens is 1. The van der Waals surface area contributed by atoms with Gasteiger partial charge in [0.2, 0.25) is 5.78 Å². The van der Waals surface area contributed by atoms with Gasteiger partial charge in [-0.3, -0.25) is 4.79 Å². The Kier molecular flexibility index (Phi) is 8.02. The molecule has 0 saturated heterocycles. The summed E-state index contributed by atoms with van der Waals surface area (Å²) in [6.07, 6.45) is 3.81. The quantitative estimate of drug-likeness (QED) is 0.271. The number of benzene rings is 1. The van der Waals surface area contributed by atoms with Crippen LogP contribution in [0.3, 0.4) is 0 Å². The van der Waals surface area contributed by atoms with E-state index in [1.54, 1.807) is 32.4 Å². The zero-order valence-corrected chi connectivity index (χ0v) is 16.9. The molecule has 0 atom stereocenters. The summed E-state index contributed by atoms with van der Waals surface area (Å²) in [7, 11) is 3.26. The molecule has 0 aliphatic rings. The first kappa shape index (κ1) is 21.4. The van der Waals surface area contributed by atoms with Crippen LogP contribution in [0.5, 0.6) is 5.75 Å². The lowest BCUT2D eigenvalue weighted by atomic mass is 10.1. The van der Waals surface area contributed by atoms with Gasteiger partial charge < -0.3 is 18.8 Å². The first-order chi connectivity index (χ1) is 13.5. The number of nitrogens with zero attached hydrogens (tertiary/aromatic N) is 1. The molecule has 0 spiro atoms. The first-order valence-corrected chi connectivity index (χ1v) is 9.14. The lowest BCUT2D eigenvalue weighted by molar-refractivity contribution is -0.136. The first-order valence-electron chi connectivity index (χ1n) is 9.14. The molecule has 150 valence electrons. The fourth-order valence-electron chi connectivity index (χ4n) is 2.94. The summed E-state index contributed by atoms with van der Waals surface area (Å²) in [4.78, 5) is 24.4. The number of rotatable bonds is 10. The highest BCUT2D eigenvalue weighted by atomic mass is 16.5. The molecule has 0 amide bonds. The van der Waals surface area contributed by atoms with Crippen molar-refractivity contribution < 1.29 is 23.8 Å². The van der Waals surface area contributed by atoms with Crippen LogP contribution in [0, 0.1) is 13.8 Å². The Labute approximate surface area is 165 Å². The molecule has 0 fully saturated rings. The molecule has 1 heterocycles.